The van der Waals surface area contributed by atoms with Crippen LogP contribution in [0.5, 0.6) is 0 Å². The molecule has 0 aliphatic rings. The average molecular weight is 198 g/mol. The van der Waals surface area contributed by atoms with Crippen LogP contribution in [-0.2, 0) is 9.59 Å². The Balaban J connectivity index is 4.54. The normalized spacial score (nSPS) is 13.4. The molecular weight excluding hydrogens is 184 g/mol. The Kier molecular flexibility index (Phi) is 4.63. The third kappa shape index (κ3) is 4.45. The second-order valence-electron chi connectivity index (χ2n) is 3.27. The monoisotopic (exact) mass is 198 g/mol. The minimum absolute atomic E-state index is 0.191. The molecule has 1 unspecified atom stereocenters. The molecule has 0 aliphatic heterocycles. The minimum Gasteiger partial charge on any atom is -0.481 e. The number of hydrogen-bond acceptors (Lipinski definition) is 2. The lowest BCUT2D eigenvalue weighted by Gasteiger charge is -2.11. The Labute approximate surface area is 82.6 Å². The number of carboxylic acids is 2. The van der Waals surface area contributed by atoms with Gasteiger partial charge in [-0.05, 0) is 20.3 Å². The van der Waals surface area contributed by atoms with E-state index in [-0.39, 0.29) is 6.42 Å². The van der Waals surface area contributed by atoms with Crippen LogP contribution in [0, 0.1) is 5.92 Å². The summed E-state index contributed by atoms with van der Waals surface area (Å²) >= 11 is 0. The molecule has 2 N–H and O–H groups in total. The van der Waals surface area contributed by atoms with E-state index >= 15 is 0 Å². The molecule has 0 bridgehead atoms. The van der Waals surface area contributed by atoms with Gasteiger partial charge in [-0.3, -0.25) is 4.79 Å². The van der Waals surface area contributed by atoms with Gasteiger partial charge < -0.3 is 10.2 Å². The highest BCUT2D eigenvalue weighted by Gasteiger charge is 2.18. The maximum Gasteiger partial charge on any atom is 0.328 e. The highest BCUT2D eigenvalue weighted by atomic mass is 16.4. The lowest BCUT2D eigenvalue weighted by Crippen LogP contribution is -2.15. The number of hydrogen-bond donors (Lipinski definition) is 2. The molecule has 4 nitrogen and oxygen atoms in total. The highest BCUT2D eigenvalue weighted by Crippen LogP contribution is 2.18. The molecule has 0 radical (unpaired) electrons. The maximum absolute atomic E-state index is 10.7. The minimum atomic E-state index is -1.06. The van der Waals surface area contributed by atoms with E-state index in [4.69, 9.17) is 10.2 Å². The summed E-state index contributed by atoms with van der Waals surface area (Å²) in [7, 11) is 0. The van der Waals surface area contributed by atoms with Crippen LogP contribution in [0.3, 0.4) is 0 Å². The van der Waals surface area contributed by atoms with Crippen molar-refractivity contribution in [3.05, 3.63) is 23.8 Å². The van der Waals surface area contributed by atoms with Crippen molar-refractivity contribution in [3.8, 4) is 0 Å². The van der Waals surface area contributed by atoms with E-state index < -0.39 is 17.9 Å². The number of carbonyl (C=O) groups is 2. The van der Waals surface area contributed by atoms with Crippen LogP contribution in [0.25, 0.3) is 0 Å². The van der Waals surface area contributed by atoms with Crippen LogP contribution in [0.15, 0.2) is 23.8 Å². The average Bonchev–Trinajstić information content (AvgIpc) is 1.97. The van der Waals surface area contributed by atoms with Gasteiger partial charge in [0, 0.05) is 6.08 Å². The number of rotatable bonds is 5. The summed E-state index contributed by atoms with van der Waals surface area (Å²) in [4.78, 5) is 21.0. The molecule has 0 aromatic heterocycles. The second kappa shape index (κ2) is 5.21. The van der Waals surface area contributed by atoms with Crippen molar-refractivity contribution >= 4 is 11.9 Å². The van der Waals surface area contributed by atoms with Crippen LogP contribution in [0.1, 0.15) is 20.3 Å². The molecule has 14 heavy (non-hydrogen) atoms. The van der Waals surface area contributed by atoms with E-state index in [9.17, 15) is 9.59 Å². The third-order valence-corrected chi connectivity index (χ3v) is 1.79. The number of carboxylic acid groups (broad SMARTS) is 2. The van der Waals surface area contributed by atoms with Crippen molar-refractivity contribution in [2.75, 3.05) is 0 Å². The smallest absolute Gasteiger partial charge is 0.328 e. The lowest BCUT2D eigenvalue weighted by molar-refractivity contribution is -0.140. The Morgan fingerprint density at radius 2 is 1.86 bits per heavy atom. The standard InChI is InChI=1S/C10H14O4/c1-6(2)8(10(13)14)4-7(3)5-9(11)12/h5,8H,1,4H2,2-3H3,(H,11,12)(H,13,14)/b7-5-. The molecule has 4 heteroatoms. The lowest BCUT2D eigenvalue weighted by atomic mass is 9.94. The van der Waals surface area contributed by atoms with Gasteiger partial charge in [0.15, 0.2) is 0 Å². The number of allylic oxidation sites excluding steroid dienone is 1. The zero-order valence-electron chi connectivity index (χ0n) is 8.28. The van der Waals surface area contributed by atoms with Crippen LogP contribution < -0.4 is 0 Å². The van der Waals surface area contributed by atoms with Crippen LogP contribution in [-0.4, -0.2) is 22.2 Å². The fourth-order valence-corrected chi connectivity index (χ4v) is 1.06. The van der Waals surface area contributed by atoms with Gasteiger partial charge in [-0.15, -0.1) is 0 Å². The van der Waals surface area contributed by atoms with Crippen LogP contribution in [0.2, 0.25) is 0 Å². The molecule has 0 aromatic rings. The largest absolute Gasteiger partial charge is 0.481 e. The first-order valence-corrected chi connectivity index (χ1v) is 4.13. The van der Waals surface area contributed by atoms with Crippen LogP contribution >= 0.6 is 0 Å². The summed E-state index contributed by atoms with van der Waals surface area (Å²) in [5.41, 5.74) is 1.04. The van der Waals surface area contributed by atoms with Crippen molar-refractivity contribution in [3.63, 3.8) is 0 Å². The molecule has 0 amide bonds. The Morgan fingerprint density at radius 3 is 2.14 bits per heavy atom. The molecule has 0 aromatic carbocycles. The van der Waals surface area contributed by atoms with Gasteiger partial charge in [-0.2, -0.15) is 0 Å². The van der Waals surface area contributed by atoms with Gasteiger partial charge in [0.25, 0.3) is 0 Å². The summed E-state index contributed by atoms with van der Waals surface area (Å²) in [6.45, 7) is 6.76. The first-order chi connectivity index (χ1) is 6.34. The SMILES string of the molecule is C=C(C)C(C/C(C)=C\C(=O)O)C(=O)O. The molecule has 1 atom stereocenters. The Hall–Kier alpha value is -1.58. The van der Waals surface area contributed by atoms with E-state index in [2.05, 4.69) is 6.58 Å². The zero-order valence-corrected chi connectivity index (χ0v) is 8.28. The summed E-state index contributed by atoms with van der Waals surface area (Å²) in [6, 6.07) is 0. The molecule has 0 heterocycles. The van der Waals surface area contributed by atoms with E-state index in [1.165, 1.54) is 0 Å². The Bertz CT molecular complexity index is 274. The van der Waals surface area contributed by atoms with Crippen molar-refractivity contribution in [1.29, 1.82) is 0 Å². The fraction of sp³-hybridized carbons (Fsp3) is 0.400. The Morgan fingerprint density at radius 1 is 1.36 bits per heavy atom. The number of aliphatic carboxylic acids is 2. The van der Waals surface area contributed by atoms with Crippen molar-refractivity contribution in [2.24, 2.45) is 5.92 Å². The molecule has 0 spiro atoms. The quantitative estimate of drug-likeness (QED) is 0.520. The second-order valence-corrected chi connectivity index (χ2v) is 3.27. The summed E-state index contributed by atoms with van der Waals surface area (Å²) < 4.78 is 0. The molecule has 78 valence electrons. The summed E-state index contributed by atoms with van der Waals surface area (Å²) in [5.74, 6) is -2.74. The van der Waals surface area contributed by atoms with E-state index in [0.29, 0.717) is 11.1 Å². The maximum atomic E-state index is 10.7. The molecule has 0 saturated carbocycles. The van der Waals surface area contributed by atoms with Gasteiger partial charge in [0.1, 0.15) is 0 Å². The topological polar surface area (TPSA) is 74.6 Å². The first kappa shape index (κ1) is 12.4. The van der Waals surface area contributed by atoms with Crippen molar-refractivity contribution in [2.45, 2.75) is 20.3 Å². The molecular formula is C10H14O4. The van der Waals surface area contributed by atoms with E-state index in [1.54, 1.807) is 13.8 Å². The van der Waals surface area contributed by atoms with Crippen molar-refractivity contribution in [1.82, 2.24) is 0 Å². The van der Waals surface area contributed by atoms with Crippen molar-refractivity contribution < 1.29 is 19.8 Å². The predicted octanol–water partition coefficient (Wildman–Crippen LogP) is 1.68. The third-order valence-electron chi connectivity index (χ3n) is 1.79. The summed E-state index contributed by atoms with van der Waals surface area (Å²) in [6.07, 6.45) is 1.20. The first-order valence-electron chi connectivity index (χ1n) is 4.13. The predicted molar refractivity (Wildman–Crippen MR) is 51.9 cm³/mol. The molecule has 0 aliphatic carbocycles. The van der Waals surface area contributed by atoms with E-state index in [0.717, 1.165) is 6.08 Å². The molecule has 0 fully saturated rings. The van der Waals surface area contributed by atoms with Gasteiger partial charge in [-0.1, -0.05) is 17.7 Å². The van der Waals surface area contributed by atoms with E-state index in [1.807, 2.05) is 0 Å². The van der Waals surface area contributed by atoms with Gasteiger partial charge in [0.05, 0.1) is 5.92 Å². The summed E-state index contributed by atoms with van der Waals surface area (Å²) in [5, 5.41) is 17.2. The van der Waals surface area contributed by atoms with Gasteiger partial charge in [0.2, 0.25) is 0 Å². The fourth-order valence-electron chi connectivity index (χ4n) is 1.06. The van der Waals surface area contributed by atoms with Gasteiger partial charge >= 0.3 is 11.9 Å². The van der Waals surface area contributed by atoms with Gasteiger partial charge in [-0.25, -0.2) is 4.79 Å². The molecule has 0 saturated heterocycles. The van der Waals surface area contributed by atoms with Crippen LogP contribution in [0.4, 0.5) is 0 Å². The molecule has 0 rings (SSSR count). The highest BCUT2D eigenvalue weighted by molar-refractivity contribution is 5.81. The zero-order chi connectivity index (χ0) is 11.3.